The quantitative estimate of drug-likeness (QED) is 0.764. The Balaban J connectivity index is 2.18. The standard InChI is InChI=1S/C14H13N3O2/c1-8(2)13-16-17-14(19-13)10-7-9-5-3-4-6-11(9)15-12(10)18/h3-8H,1-2H3,(H,15,18). The first-order chi connectivity index (χ1) is 9.15. The van der Waals surface area contributed by atoms with E-state index in [-0.39, 0.29) is 17.4 Å². The summed E-state index contributed by atoms with van der Waals surface area (Å²) in [5, 5.41) is 8.81. The summed E-state index contributed by atoms with van der Waals surface area (Å²) in [6.45, 7) is 3.92. The Morgan fingerprint density at radius 2 is 2.00 bits per heavy atom. The molecule has 5 heteroatoms. The lowest BCUT2D eigenvalue weighted by Gasteiger charge is -1.99. The van der Waals surface area contributed by atoms with Gasteiger partial charge in [0, 0.05) is 11.4 Å². The van der Waals surface area contributed by atoms with Gasteiger partial charge in [0.1, 0.15) is 5.56 Å². The van der Waals surface area contributed by atoms with Gasteiger partial charge in [-0.1, -0.05) is 32.0 Å². The molecule has 0 radical (unpaired) electrons. The molecule has 3 aromatic rings. The highest BCUT2D eigenvalue weighted by Crippen LogP contribution is 2.21. The van der Waals surface area contributed by atoms with E-state index in [9.17, 15) is 4.79 Å². The minimum atomic E-state index is -0.224. The monoisotopic (exact) mass is 255 g/mol. The van der Waals surface area contributed by atoms with Crippen LogP contribution in [0.25, 0.3) is 22.4 Å². The molecule has 0 aliphatic heterocycles. The van der Waals surface area contributed by atoms with Crippen molar-refractivity contribution in [2.75, 3.05) is 0 Å². The van der Waals surface area contributed by atoms with Gasteiger partial charge >= 0.3 is 0 Å². The van der Waals surface area contributed by atoms with Crippen LogP contribution in [0.2, 0.25) is 0 Å². The van der Waals surface area contributed by atoms with Crippen LogP contribution < -0.4 is 5.56 Å². The van der Waals surface area contributed by atoms with Crippen LogP contribution in [0.4, 0.5) is 0 Å². The van der Waals surface area contributed by atoms with Crippen molar-refractivity contribution in [3.63, 3.8) is 0 Å². The van der Waals surface area contributed by atoms with Gasteiger partial charge < -0.3 is 9.40 Å². The molecule has 1 aromatic carbocycles. The molecule has 0 aliphatic rings. The Morgan fingerprint density at radius 3 is 2.74 bits per heavy atom. The van der Waals surface area contributed by atoms with E-state index in [0.29, 0.717) is 11.5 Å². The number of benzene rings is 1. The topological polar surface area (TPSA) is 71.8 Å². The number of fused-ring (bicyclic) bond motifs is 1. The smallest absolute Gasteiger partial charge is 0.261 e. The Morgan fingerprint density at radius 1 is 1.21 bits per heavy atom. The predicted molar refractivity (Wildman–Crippen MR) is 71.9 cm³/mol. The first-order valence-corrected chi connectivity index (χ1v) is 6.11. The molecule has 2 aromatic heterocycles. The average molecular weight is 255 g/mol. The van der Waals surface area contributed by atoms with Crippen LogP contribution in [0, 0.1) is 0 Å². The fraction of sp³-hybridized carbons (Fsp3) is 0.214. The van der Waals surface area contributed by atoms with Crippen LogP contribution in [0.15, 0.2) is 39.5 Å². The Labute approximate surface area is 109 Å². The maximum absolute atomic E-state index is 12.0. The lowest BCUT2D eigenvalue weighted by Crippen LogP contribution is -2.08. The van der Waals surface area contributed by atoms with Crippen molar-refractivity contribution >= 4 is 10.9 Å². The van der Waals surface area contributed by atoms with Crippen molar-refractivity contribution in [1.82, 2.24) is 15.2 Å². The molecule has 96 valence electrons. The molecule has 3 rings (SSSR count). The Kier molecular flexibility index (Phi) is 2.67. The lowest BCUT2D eigenvalue weighted by atomic mass is 10.1. The Bertz CT molecular complexity index is 786. The largest absolute Gasteiger partial charge is 0.420 e. The van der Waals surface area contributed by atoms with Gasteiger partial charge in [0.25, 0.3) is 11.4 Å². The first-order valence-electron chi connectivity index (χ1n) is 6.11. The number of rotatable bonds is 2. The van der Waals surface area contributed by atoms with Crippen LogP contribution in [0.1, 0.15) is 25.7 Å². The molecule has 0 saturated heterocycles. The zero-order valence-corrected chi connectivity index (χ0v) is 10.7. The van der Waals surface area contributed by atoms with E-state index in [4.69, 9.17) is 4.42 Å². The first kappa shape index (κ1) is 11.6. The van der Waals surface area contributed by atoms with E-state index in [2.05, 4.69) is 15.2 Å². The number of para-hydroxylation sites is 1. The molecular formula is C14H13N3O2. The number of nitrogens with one attached hydrogen (secondary N) is 1. The molecule has 1 N–H and O–H groups in total. The van der Waals surface area contributed by atoms with Crippen molar-refractivity contribution in [2.45, 2.75) is 19.8 Å². The second-order valence-electron chi connectivity index (χ2n) is 4.70. The van der Waals surface area contributed by atoms with E-state index in [1.807, 2.05) is 38.1 Å². The molecule has 19 heavy (non-hydrogen) atoms. The highest BCUT2D eigenvalue weighted by atomic mass is 16.4. The molecule has 0 atom stereocenters. The number of hydrogen-bond acceptors (Lipinski definition) is 4. The van der Waals surface area contributed by atoms with Gasteiger partial charge in [-0.2, -0.15) is 0 Å². The molecule has 0 fully saturated rings. The maximum atomic E-state index is 12.0. The highest BCUT2D eigenvalue weighted by Gasteiger charge is 2.14. The molecule has 0 bridgehead atoms. The molecule has 0 unspecified atom stereocenters. The summed E-state index contributed by atoms with van der Waals surface area (Å²) in [5.74, 6) is 0.930. The Hall–Kier alpha value is -2.43. The summed E-state index contributed by atoms with van der Waals surface area (Å²) in [4.78, 5) is 14.8. The zero-order valence-electron chi connectivity index (χ0n) is 10.7. The minimum absolute atomic E-state index is 0.140. The van der Waals surface area contributed by atoms with Crippen molar-refractivity contribution in [1.29, 1.82) is 0 Å². The third-order valence-electron chi connectivity index (χ3n) is 2.92. The van der Waals surface area contributed by atoms with E-state index in [0.717, 1.165) is 10.9 Å². The molecule has 0 aliphatic carbocycles. The number of aromatic amines is 1. The van der Waals surface area contributed by atoms with E-state index >= 15 is 0 Å². The second kappa shape index (κ2) is 4.35. The lowest BCUT2D eigenvalue weighted by molar-refractivity contribution is 0.480. The summed E-state index contributed by atoms with van der Waals surface area (Å²) in [6, 6.07) is 9.34. The number of aromatic nitrogens is 3. The third kappa shape index (κ3) is 2.03. The minimum Gasteiger partial charge on any atom is -0.420 e. The summed E-state index contributed by atoms with van der Waals surface area (Å²) in [6.07, 6.45) is 0. The van der Waals surface area contributed by atoms with Gasteiger partial charge in [-0.25, -0.2) is 0 Å². The number of nitrogens with zero attached hydrogens (tertiary/aromatic N) is 2. The number of pyridine rings is 1. The van der Waals surface area contributed by atoms with Gasteiger partial charge in [0.15, 0.2) is 0 Å². The van der Waals surface area contributed by atoms with E-state index < -0.39 is 0 Å². The van der Waals surface area contributed by atoms with Crippen molar-refractivity contribution in [2.24, 2.45) is 0 Å². The van der Waals surface area contributed by atoms with Gasteiger partial charge in [-0.15, -0.1) is 10.2 Å². The van der Waals surface area contributed by atoms with Gasteiger partial charge in [0.2, 0.25) is 5.89 Å². The zero-order chi connectivity index (χ0) is 13.4. The molecule has 0 saturated carbocycles. The van der Waals surface area contributed by atoms with Gasteiger partial charge in [0.05, 0.1) is 0 Å². The van der Waals surface area contributed by atoms with E-state index in [1.54, 1.807) is 6.07 Å². The average Bonchev–Trinajstić information content (AvgIpc) is 2.87. The fourth-order valence-corrected chi connectivity index (χ4v) is 1.88. The second-order valence-corrected chi connectivity index (χ2v) is 4.70. The van der Waals surface area contributed by atoms with Crippen LogP contribution in [-0.2, 0) is 0 Å². The normalized spacial score (nSPS) is 11.3. The van der Waals surface area contributed by atoms with Crippen molar-refractivity contribution < 1.29 is 4.42 Å². The van der Waals surface area contributed by atoms with Crippen LogP contribution in [0.3, 0.4) is 0 Å². The van der Waals surface area contributed by atoms with Crippen LogP contribution in [-0.4, -0.2) is 15.2 Å². The summed E-state index contributed by atoms with van der Waals surface area (Å²) in [7, 11) is 0. The van der Waals surface area contributed by atoms with Crippen LogP contribution in [0.5, 0.6) is 0 Å². The number of hydrogen-bond donors (Lipinski definition) is 1. The van der Waals surface area contributed by atoms with Crippen LogP contribution >= 0.6 is 0 Å². The van der Waals surface area contributed by atoms with Gasteiger partial charge in [-0.3, -0.25) is 4.79 Å². The molecular weight excluding hydrogens is 242 g/mol. The molecule has 5 nitrogen and oxygen atoms in total. The number of H-pyrrole nitrogens is 1. The fourth-order valence-electron chi connectivity index (χ4n) is 1.88. The molecule has 0 spiro atoms. The van der Waals surface area contributed by atoms with Crippen molar-refractivity contribution in [3.8, 4) is 11.5 Å². The molecule has 0 amide bonds. The summed E-state index contributed by atoms with van der Waals surface area (Å²) < 4.78 is 5.52. The van der Waals surface area contributed by atoms with Crippen molar-refractivity contribution in [3.05, 3.63) is 46.6 Å². The SMILES string of the molecule is CC(C)c1nnc(-c2cc3ccccc3[nH]c2=O)o1. The van der Waals surface area contributed by atoms with Gasteiger partial charge in [-0.05, 0) is 17.5 Å². The third-order valence-corrected chi connectivity index (χ3v) is 2.92. The highest BCUT2D eigenvalue weighted by molar-refractivity contribution is 5.81. The predicted octanol–water partition coefficient (Wildman–Crippen LogP) is 2.70. The maximum Gasteiger partial charge on any atom is 0.261 e. The molecule has 2 heterocycles. The summed E-state index contributed by atoms with van der Waals surface area (Å²) >= 11 is 0. The van der Waals surface area contributed by atoms with E-state index in [1.165, 1.54) is 0 Å². The summed E-state index contributed by atoms with van der Waals surface area (Å²) in [5.41, 5.74) is 0.968.